The van der Waals surface area contributed by atoms with E-state index in [0.29, 0.717) is 16.3 Å². The zero-order valence-corrected chi connectivity index (χ0v) is 13.9. The Kier molecular flexibility index (Phi) is 4.81. The second kappa shape index (κ2) is 7.03. The molecule has 0 spiro atoms. The van der Waals surface area contributed by atoms with Crippen LogP contribution in [0.25, 0.3) is 0 Å². The molecule has 0 bridgehead atoms. The maximum Gasteiger partial charge on any atom is 0.316 e. The van der Waals surface area contributed by atoms with E-state index in [0.717, 1.165) is 0 Å². The van der Waals surface area contributed by atoms with Gasteiger partial charge >= 0.3 is 11.8 Å². The Morgan fingerprint density at radius 2 is 1.76 bits per heavy atom. The minimum absolute atomic E-state index is 0.223. The number of hydrogen-bond acceptors (Lipinski definition) is 3. The molecule has 1 heterocycles. The lowest BCUT2D eigenvalue weighted by Gasteiger charge is -2.33. The zero-order chi connectivity index (χ0) is 18.0. The number of ketones is 1. The largest absolute Gasteiger partial charge is 0.325 e. The number of piperazine rings is 1. The topological polar surface area (TPSA) is 57.7 Å². The molecule has 0 aromatic heterocycles. The van der Waals surface area contributed by atoms with Gasteiger partial charge in [0.2, 0.25) is 0 Å². The molecule has 0 unspecified atom stereocenters. The molecule has 1 aliphatic heterocycles. The molecule has 0 atom stereocenters. The van der Waals surface area contributed by atoms with Crippen molar-refractivity contribution in [3.63, 3.8) is 0 Å². The summed E-state index contributed by atoms with van der Waals surface area (Å²) in [5, 5.41) is 0.465. The molecule has 2 aromatic carbocycles. The van der Waals surface area contributed by atoms with Crippen LogP contribution in [0.4, 0.5) is 10.1 Å². The maximum atomic E-state index is 12.9. The lowest BCUT2D eigenvalue weighted by atomic mass is 10.1. The second-order valence-corrected chi connectivity index (χ2v) is 6.03. The van der Waals surface area contributed by atoms with E-state index in [1.165, 1.54) is 34.1 Å². The summed E-state index contributed by atoms with van der Waals surface area (Å²) < 4.78 is 12.9. The van der Waals surface area contributed by atoms with Gasteiger partial charge in [0.25, 0.3) is 0 Å². The number of carbonyl (C=O) groups is 3. The van der Waals surface area contributed by atoms with Crippen LogP contribution in [-0.2, 0) is 9.59 Å². The van der Waals surface area contributed by atoms with Crippen LogP contribution in [0, 0.1) is 5.82 Å². The standard InChI is InChI=1S/C18H14ClFN2O3/c19-13-2-1-3-15(10-13)22-9-8-21(17(24)18(22)25)11-16(23)12-4-6-14(20)7-5-12/h1-7,10H,8-9,11H2. The smallest absolute Gasteiger partial charge is 0.316 e. The molecule has 7 heteroatoms. The van der Waals surface area contributed by atoms with Crippen LogP contribution in [-0.4, -0.2) is 42.1 Å². The molecule has 0 radical (unpaired) electrons. The Labute approximate surface area is 148 Å². The van der Waals surface area contributed by atoms with Gasteiger partial charge in [0.1, 0.15) is 5.82 Å². The first kappa shape index (κ1) is 17.1. The van der Waals surface area contributed by atoms with Crippen LogP contribution in [0.1, 0.15) is 10.4 Å². The molecule has 1 fully saturated rings. The van der Waals surface area contributed by atoms with Crippen molar-refractivity contribution in [2.45, 2.75) is 0 Å². The summed E-state index contributed by atoms with van der Waals surface area (Å²) in [4.78, 5) is 39.4. The molecular formula is C18H14ClFN2O3. The zero-order valence-electron chi connectivity index (χ0n) is 13.1. The summed E-state index contributed by atoms with van der Waals surface area (Å²) in [7, 11) is 0. The molecule has 0 aliphatic carbocycles. The highest BCUT2D eigenvalue weighted by Gasteiger charge is 2.34. The average Bonchev–Trinajstić information content (AvgIpc) is 2.59. The minimum atomic E-state index is -0.748. The van der Waals surface area contributed by atoms with Crippen molar-refractivity contribution >= 4 is 34.9 Å². The van der Waals surface area contributed by atoms with Crippen LogP contribution in [0.3, 0.4) is 0 Å². The third-order valence-corrected chi connectivity index (χ3v) is 4.16. The molecule has 0 saturated carbocycles. The highest BCUT2D eigenvalue weighted by Crippen LogP contribution is 2.22. The molecule has 2 amide bonds. The number of rotatable bonds is 4. The third kappa shape index (κ3) is 3.69. The van der Waals surface area contributed by atoms with E-state index < -0.39 is 17.6 Å². The number of nitrogens with zero attached hydrogens (tertiary/aromatic N) is 2. The van der Waals surface area contributed by atoms with Crippen molar-refractivity contribution < 1.29 is 18.8 Å². The molecule has 2 aromatic rings. The van der Waals surface area contributed by atoms with Gasteiger partial charge in [-0.3, -0.25) is 14.4 Å². The van der Waals surface area contributed by atoms with Crippen molar-refractivity contribution in [3.8, 4) is 0 Å². The minimum Gasteiger partial charge on any atom is -0.325 e. The molecule has 1 aliphatic rings. The predicted molar refractivity (Wildman–Crippen MR) is 91.1 cm³/mol. The van der Waals surface area contributed by atoms with Crippen LogP contribution in [0.15, 0.2) is 48.5 Å². The fourth-order valence-electron chi connectivity index (χ4n) is 2.62. The summed E-state index contributed by atoms with van der Waals surface area (Å²) in [5.41, 5.74) is 0.828. The molecule has 128 valence electrons. The quantitative estimate of drug-likeness (QED) is 0.622. The first-order valence-corrected chi connectivity index (χ1v) is 7.98. The molecule has 5 nitrogen and oxygen atoms in total. The van der Waals surface area contributed by atoms with E-state index in [1.54, 1.807) is 24.3 Å². The highest BCUT2D eigenvalue weighted by atomic mass is 35.5. The van der Waals surface area contributed by atoms with E-state index in [4.69, 9.17) is 11.6 Å². The molecule has 0 N–H and O–H groups in total. The maximum absolute atomic E-state index is 12.9. The van der Waals surface area contributed by atoms with Crippen LogP contribution in [0.2, 0.25) is 5.02 Å². The average molecular weight is 361 g/mol. The first-order valence-electron chi connectivity index (χ1n) is 7.61. The van der Waals surface area contributed by atoms with E-state index in [2.05, 4.69) is 0 Å². The lowest BCUT2D eigenvalue weighted by molar-refractivity contribution is -0.145. The summed E-state index contributed by atoms with van der Waals surface area (Å²) in [5.74, 6) is -2.25. The molecule has 25 heavy (non-hydrogen) atoms. The van der Waals surface area contributed by atoms with E-state index in [9.17, 15) is 18.8 Å². The Bertz CT molecular complexity index is 838. The van der Waals surface area contributed by atoms with Gasteiger partial charge < -0.3 is 9.80 Å². The van der Waals surface area contributed by atoms with Crippen LogP contribution < -0.4 is 4.90 Å². The Hall–Kier alpha value is -2.73. The predicted octanol–water partition coefficient (Wildman–Crippen LogP) is 2.54. The second-order valence-electron chi connectivity index (χ2n) is 5.59. The number of Topliss-reactive ketones (excluding diaryl/α,β-unsaturated/α-hetero) is 1. The Morgan fingerprint density at radius 3 is 2.44 bits per heavy atom. The first-order chi connectivity index (χ1) is 12.0. The fourth-order valence-corrected chi connectivity index (χ4v) is 2.80. The Balaban J connectivity index is 1.70. The summed E-state index contributed by atoms with van der Waals surface area (Å²) in [6.45, 7) is 0.269. The number of anilines is 1. The number of halogens is 2. The van der Waals surface area contributed by atoms with E-state index in [1.807, 2.05) is 0 Å². The van der Waals surface area contributed by atoms with Gasteiger partial charge in [-0.15, -0.1) is 0 Å². The molecule has 1 saturated heterocycles. The van der Waals surface area contributed by atoms with Crippen molar-refractivity contribution in [3.05, 3.63) is 64.9 Å². The number of benzene rings is 2. The van der Waals surface area contributed by atoms with Gasteiger partial charge in [-0.25, -0.2) is 4.39 Å². The summed E-state index contributed by atoms with van der Waals surface area (Å²) >= 11 is 5.92. The van der Waals surface area contributed by atoms with Crippen LogP contribution >= 0.6 is 11.6 Å². The fraction of sp³-hybridized carbons (Fsp3) is 0.167. The van der Waals surface area contributed by atoms with Gasteiger partial charge in [0.05, 0.1) is 6.54 Å². The van der Waals surface area contributed by atoms with Crippen molar-refractivity contribution in [1.82, 2.24) is 4.90 Å². The molecular weight excluding hydrogens is 347 g/mol. The van der Waals surface area contributed by atoms with E-state index in [-0.39, 0.29) is 25.4 Å². The summed E-state index contributed by atoms with van der Waals surface area (Å²) in [6, 6.07) is 11.7. The number of carbonyl (C=O) groups excluding carboxylic acids is 3. The van der Waals surface area contributed by atoms with Crippen molar-refractivity contribution in [2.24, 2.45) is 0 Å². The van der Waals surface area contributed by atoms with E-state index >= 15 is 0 Å². The van der Waals surface area contributed by atoms with Gasteiger partial charge in [0, 0.05) is 29.4 Å². The van der Waals surface area contributed by atoms with Crippen LogP contribution in [0.5, 0.6) is 0 Å². The van der Waals surface area contributed by atoms with Gasteiger partial charge in [-0.1, -0.05) is 17.7 Å². The summed E-state index contributed by atoms with van der Waals surface area (Å²) in [6.07, 6.45) is 0. The lowest BCUT2D eigenvalue weighted by Crippen LogP contribution is -2.55. The number of amides is 2. The van der Waals surface area contributed by atoms with Gasteiger partial charge in [-0.2, -0.15) is 0 Å². The van der Waals surface area contributed by atoms with Crippen molar-refractivity contribution in [2.75, 3.05) is 24.5 Å². The SMILES string of the molecule is O=C(CN1CCN(c2cccc(Cl)c2)C(=O)C1=O)c1ccc(F)cc1. The normalized spacial score (nSPS) is 14.8. The Morgan fingerprint density at radius 1 is 1.04 bits per heavy atom. The number of hydrogen-bond donors (Lipinski definition) is 0. The third-order valence-electron chi connectivity index (χ3n) is 3.93. The van der Waals surface area contributed by atoms with Crippen molar-refractivity contribution in [1.29, 1.82) is 0 Å². The molecule has 3 rings (SSSR count). The van der Waals surface area contributed by atoms with Gasteiger partial charge in [-0.05, 0) is 42.5 Å². The highest BCUT2D eigenvalue weighted by molar-refractivity contribution is 6.41. The van der Waals surface area contributed by atoms with Gasteiger partial charge in [0.15, 0.2) is 5.78 Å². The monoisotopic (exact) mass is 360 g/mol.